The van der Waals surface area contributed by atoms with Crippen molar-refractivity contribution in [3.05, 3.63) is 236 Å². The molecule has 0 saturated carbocycles. The van der Waals surface area contributed by atoms with E-state index < -0.39 is 0 Å². The SMILES string of the molecule is CC1(C)c2ccccc2-c2ccc(-c3cccc(N(c4ccc(-c5ccccc5)cc4)c4cccc(-c5ccccc5)c4-c4ccccc4-c4ccccc4)c3)cc21. The Kier molecular flexibility index (Phi) is 8.92. The van der Waals surface area contributed by atoms with E-state index in [0.717, 1.165) is 17.1 Å². The molecule has 0 N–H and O–H groups in total. The van der Waals surface area contributed by atoms with Crippen LogP contribution in [0.4, 0.5) is 17.1 Å². The highest BCUT2D eigenvalue weighted by Crippen LogP contribution is 2.51. The van der Waals surface area contributed by atoms with Crippen molar-refractivity contribution in [2.24, 2.45) is 0 Å². The molecule has 0 saturated heterocycles. The average molecular weight is 742 g/mol. The predicted molar refractivity (Wildman–Crippen MR) is 246 cm³/mol. The lowest BCUT2D eigenvalue weighted by Gasteiger charge is -2.30. The highest BCUT2D eigenvalue weighted by molar-refractivity contribution is 6.01. The van der Waals surface area contributed by atoms with Gasteiger partial charge in [-0.3, -0.25) is 0 Å². The fraction of sp³-hybridized carbons (Fsp3) is 0.0526. The minimum absolute atomic E-state index is 0.0784. The Morgan fingerprint density at radius 2 is 0.776 bits per heavy atom. The Balaban J connectivity index is 1.19. The van der Waals surface area contributed by atoms with Crippen LogP contribution in [0.5, 0.6) is 0 Å². The van der Waals surface area contributed by atoms with Gasteiger partial charge in [0.2, 0.25) is 0 Å². The summed E-state index contributed by atoms with van der Waals surface area (Å²) >= 11 is 0. The topological polar surface area (TPSA) is 3.24 Å². The standard InChI is InChI=1S/C57H43N/c1-57(2)53-30-15-14-27-50(53)51-37-34-45(39-54(51)57)44-24-16-25-47(38-44)58(46-35-32-41(33-36-46)40-18-6-3-7-19-40)55-31-17-29-49(43-22-10-5-11-23-43)56(55)52-28-13-12-26-48(52)42-20-8-4-9-21-42/h3-39H,1-2H3. The van der Waals surface area contributed by atoms with Crippen molar-refractivity contribution in [1.29, 1.82) is 0 Å². The first-order valence-electron chi connectivity index (χ1n) is 20.2. The van der Waals surface area contributed by atoms with E-state index in [9.17, 15) is 0 Å². The van der Waals surface area contributed by atoms with Crippen LogP contribution >= 0.6 is 0 Å². The molecular weight excluding hydrogens is 699 g/mol. The Morgan fingerprint density at radius 3 is 1.48 bits per heavy atom. The molecule has 0 aliphatic heterocycles. The second-order valence-corrected chi connectivity index (χ2v) is 15.7. The molecule has 0 amide bonds. The van der Waals surface area contributed by atoms with Crippen LogP contribution in [-0.4, -0.2) is 0 Å². The molecule has 9 aromatic carbocycles. The lowest BCUT2D eigenvalue weighted by molar-refractivity contribution is 0.660. The maximum absolute atomic E-state index is 2.45. The minimum atomic E-state index is -0.0784. The first kappa shape index (κ1) is 35.2. The van der Waals surface area contributed by atoms with Crippen molar-refractivity contribution < 1.29 is 0 Å². The second kappa shape index (κ2) is 14.7. The molecule has 0 fully saturated rings. The summed E-state index contributed by atoms with van der Waals surface area (Å²) in [4.78, 5) is 2.45. The summed E-state index contributed by atoms with van der Waals surface area (Å²) in [5.41, 5.74) is 20.6. The number of hydrogen-bond acceptors (Lipinski definition) is 1. The van der Waals surface area contributed by atoms with Gasteiger partial charge in [0.05, 0.1) is 5.69 Å². The number of nitrogens with zero attached hydrogens (tertiary/aromatic N) is 1. The lowest BCUT2D eigenvalue weighted by Crippen LogP contribution is -2.15. The summed E-state index contributed by atoms with van der Waals surface area (Å²) in [6.45, 7) is 4.71. The predicted octanol–water partition coefficient (Wildman–Crippen LogP) is 15.8. The summed E-state index contributed by atoms with van der Waals surface area (Å²) < 4.78 is 0. The van der Waals surface area contributed by atoms with Crippen molar-refractivity contribution in [2.75, 3.05) is 4.90 Å². The summed E-state index contributed by atoms with van der Waals surface area (Å²) in [5, 5.41) is 0. The molecule has 10 rings (SSSR count). The fourth-order valence-corrected chi connectivity index (χ4v) is 9.01. The van der Waals surface area contributed by atoms with Crippen LogP contribution < -0.4 is 4.90 Å². The quantitative estimate of drug-likeness (QED) is 0.150. The summed E-state index contributed by atoms with van der Waals surface area (Å²) in [6, 6.07) is 81.9. The van der Waals surface area contributed by atoms with E-state index in [-0.39, 0.29) is 5.41 Å². The van der Waals surface area contributed by atoms with E-state index in [1.165, 1.54) is 77.9 Å². The van der Waals surface area contributed by atoms with Gasteiger partial charge in [0.25, 0.3) is 0 Å². The molecule has 1 aliphatic rings. The Morgan fingerprint density at radius 1 is 0.293 bits per heavy atom. The maximum Gasteiger partial charge on any atom is 0.0546 e. The van der Waals surface area contributed by atoms with Crippen LogP contribution in [0.25, 0.3) is 66.8 Å². The van der Waals surface area contributed by atoms with Gasteiger partial charge in [-0.2, -0.15) is 0 Å². The van der Waals surface area contributed by atoms with Crippen LogP contribution in [0.15, 0.2) is 224 Å². The number of benzene rings is 9. The molecule has 276 valence electrons. The maximum atomic E-state index is 2.45. The molecule has 0 radical (unpaired) electrons. The van der Waals surface area contributed by atoms with Crippen molar-refractivity contribution in [2.45, 2.75) is 19.3 Å². The van der Waals surface area contributed by atoms with Gasteiger partial charge in [-0.15, -0.1) is 0 Å². The first-order chi connectivity index (χ1) is 28.5. The normalized spacial score (nSPS) is 12.4. The number of fused-ring (bicyclic) bond motifs is 3. The van der Waals surface area contributed by atoms with Gasteiger partial charge in [-0.05, 0) is 109 Å². The van der Waals surface area contributed by atoms with Gasteiger partial charge in [-0.25, -0.2) is 0 Å². The van der Waals surface area contributed by atoms with Gasteiger partial charge >= 0.3 is 0 Å². The highest BCUT2D eigenvalue weighted by Gasteiger charge is 2.35. The molecule has 0 heterocycles. The molecule has 1 heteroatoms. The Hall–Kier alpha value is -7.22. The van der Waals surface area contributed by atoms with Crippen molar-refractivity contribution in [3.8, 4) is 66.8 Å². The van der Waals surface area contributed by atoms with Crippen LogP contribution in [-0.2, 0) is 5.41 Å². The van der Waals surface area contributed by atoms with E-state index in [0.29, 0.717) is 0 Å². The van der Waals surface area contributed by atoms with E-state index in [1.807, 2.05) is 0 Å². The van der Waals surface area contributed by atoms with Gasteiger partial charge in [0.1, 0.15) is 0 Å². The number of anilines is 3. The summed E-state index contributed by atoms with van der Waals surface area (Å²) in [5.74, 6) is 0. The second-order valence-electron chi connectivity index (χ2n) is 15.7. The third-order valence-corrected chi connectivity index (χ3v) is 11.9. The number of hydrogen-bond donors (Lipinski definition) is 0. The Bertz CT molecular complexity index is 2890. The van der Waals surface area contributed by atoms with E-state index in [2.05, 4.69) is 243 Å². The van der Waals surface area contributed by atoms with Crippen molar-refractivity contribution in [3.63, 3.8) is 0 Å². The largest absolute Gasteiger partial charge is 0.310 e. The highest BCUT2D eigenvalue weighted by atomic mass is 15.1. The zero-order chi connectivity index (χ0) is 39.1. The minimum Gasteiger partial charge on any atom is -0.310 e. The smallest absolute Gasteiger partial charge is 0.0546 e. The molecule has 0 aromatic heterocycles. The first-order valence-corrected chi connectivity index (χ1v) is 20.2. The summed E-state index contributed by atoms with van der Waals surface area (Å²) in [7, 11) is 0. The Labute approximate surface area is 342 Å². The zero-order valence-corrected chi connectivity index (χ0v) is 32.8. The van der Waals surface area contributed by atoms with Crippen LogP contribution in [0.1, 0.15) is 25.0 Å². The summed E-state index contributed by atoms with van der Waals surface area (Å²) in [6.07, 6.45) is 0. The van der Waals surface area contributed by atoms with E-state index >= 15 is 0 Å². The third-order valence-electron chi connectivity index (χ3n) is 11.9. The molecule has 0 atom stereocenters. The molecule has 0 bridgehead atoms. The van der Waals surface area contributed by atoms with Gasteiger partial charge < -0.3 is 4.90 Å². The number of rotatable bonds is 8. The van der Waals surface area contributed by atoms with Gasteiger partial charge in [-0.1, -0.05) is 202 Å². The van der Waals surface area contributed by atoms with E-state index in [4.69, 9.17) is 0 Å². The lowest BCUT2D eigenvalue weighted by atomic mass is 9.81. The zero-order valence-electron chi connectivity index (χ0n) is 32.8. The molecular formula is C57H43N. The van der Waals surface area contributed by atoms with Crippen molar-refractivity contribution >= 4 is 17.1 Å². The van der Waals surface area contributed by atoms with Gasteiger partial charge in [0, 0.05) is 22.4 Å². The van der Waals surface area contributed by atoms with Crippen molar-refractivity contribution in [1.82, 2.24) is 0 Å². The fourth-order valence-electron chi connectivity index (χ4n) is 9.01. The van der Waals surface area contributed by atoms with Crippen LogP contribution in [0.3, 0.4) is 0 Å². The molecule has 1 nitrogen and oxygen atoms in total. The van der Waals surface area contributed by atoms with Crippen LogP contribution in [0.2, 0.25) is 0 Å². The van der Waals surface area contributed by atoms with Gasteiger partial charge in [0.15, 0.2) is 0 Å². The monoisotopic (exact) mass is 741 g/mol. The molecule has 1 aliphatic carbocycles. The molecule has 9 aromatic rings. The third kappa shape index (κ3) is 6.22. The van der Waals surface area contributed by atoms with Crippen LogP contribution in [0, 0.1) is 0 Å². The van der Waals surface area contributed by atoms with E-state index in [1.54, 1.807) is 0 Å². The molecule has 0 unspecified atom stereocenters. The molecule has 0 spiro atoms. The molecule has 58 heavy (non-hydrogen) atoms. The average Bonchev–Trinajstić information content (AvgIpc) is 3.53.